The van der Waals surface area contributed by atoms with Gasteiger partial charge in [0.2, 0.25) is 0 Å². The summed E-state index contributed by atoms with van der Waals surface area (Å²) in [5.74, 6) is -0.418. The lowest BCUT2D eigenvalue weighted by Crippen LogP contribution is -2.43. The summed E-state index contributed by atoms with van der Waals surface area (Å²) in [5.41, 5.74) is 0.443. The largest absolute Gasteiger partial charge is 0.477 e. The van der Waals surface area contributed by atoms with Crippen molar-refractivity contribution in [2.75, 3.05) is 31.5 Å². The van der Waals surface area contributed by atoms with Gasteiger partial charge in [-0.3, -0.25) is 4.90 Å². The highest BCUT2D eigenvalue weighted by molar-refractivity contribution is 5.90. The minimum absolute atomic E-state index is 0.109. The van der Waals surface area contributed by atoms with Gasteiger partial charge in [-0.15, -0.1) is 0 Å². The molecule has 1 aliphatic heterocycles. The molecule has 3 aromatic rings. The molecule has 12 heteroatoms. The maximum Gasteiger partial charge on any atom is 0.416 e. The topological polar surface area (TPSA) is 116 Å². The molecular formula is C26H26F3N5O4. The number of rotatable bonds is 8. The van der Waals surface area contributed by atoms with E-state index in [9.17, 15) is 22.8 Å². The number of pyridine rings is 1. The van der Waals surface area contributed by atoms with Crippen LogP contribution < -0.4 is 20.7 Å². The number of carbonyl (C=O) groups is 2. The van der Waals surface area contributed by atoms with Gasteiger partial charge in [0.25, 0.3) is 0 Å². The van der Waals surface area contributed by atoms with Crippen LogP contribution in [0, 0.1) is 0 Å². The Kier molecular flexibility index (Phi) is 8.44. The normalized spacial score (nSPS) is 14.1. The molecule has 2 heterocycles. The fourth-order valence-corrected chi connectivity index (χ4v) is 3.87. The molecule has 4 N–H and O–H groups in total. The third-order valence-electron chi connectivity index (χ3n) is 5.85. The zero-order valence-electron chi connectivity index (χ0n) is 20.2. The molecule has 1 aliphatic rings. The van der Waals surface area contributed by atoms with Crippen LogP contribution >= 0.6 is 0 Å². The molecule has 1 aromatic heterocycles. The van der Waals surface area contributed by atoms with E-state index in [4.69, 9.17) is 9.84 Å². The zero-order valence-corrected chi connectivity index (χ0v) is 20.2. The predicted molar refractivity (Wildman–Crippen MR) is 133 cm³/mol. The molecule has 1 saturated heterocycles. The number of nitrogens with one attached hydrogen (secondary N) is 3. The number of carbonyl (C=O) groups excluding carboxylic acids is 1. The van der Waals surface area contributed by atoms with Gasteiger partial charge in [0.05, 0.1) is 5.56 Å². The highest BCUT2D eigenvalue weighted by atomic mass is 19.4. The molecule has 2 aromatic carbocycles. The molecule has 0 atom stereocenters. The van der Waals surface area contributed by atoms with Crippen molar-refractivity contribution in [1.29, 1.82) is 0 Å². The Morgan fingerprint density at radius 3 is 2.45 bits per heavy atom. The number of alkyl halides is 3. The molecule has 38 heavy (non-hydrogen) atoms. The molecule has 0 spiro atoms. The maximum absolute atomic E-state index is 13.3. The van der Waals surface area contributed by atoms with Crippen LogP contribution in [-0.2, 0) is 19.3 Å². The number of anilines is 1. The first-order chi connectivity index (χ1) is 18.2. The Bertz CT molecular complexity index is 1280. The number of aromatic carboxylic acids is 1. The van der Waals surface area contributed by atoms with Gasteiger partial charge < -0.3 is 25.8 Å². The van der Waals surface area contributed by atoms with Crippen LogP contribution in [0.2, 0.25) is 0 Å². The van der Waals surface area contributed by atoms with Crippen molar-refractivity contribution < 1.29 is 32.6 Å². The summed E-state index contributed by atoms with van der Waals surface area (Å²) in [6.07, 6.45) is -3.20. The number of benzene rings is 2. The number of carboxylic acids is 1. The lowest BCUT2D eigenvalue weighted by Gasteiger charge is -2.28. The SMILES string of the molecule is O=C(NCc1ccc(Oc2ccnc(C(=O)O)c2)cc1)Nc1cc(C(F)(F)F)ccc1CN1CCNCC1. The van der Waals surface area contributed by atoms with Gasteiger partial charge in [-0.2, -0.15) is 13.2 Å². The summed E-state index contributed by atoms with van der Waals surface area (Å²) >= 11 is 0. The van der Waals surface area contributed by atoms with Gasteiger partial charge in [-0.05, 0) is 41.5 Å². The van der Waals surface area contributed by atoms with Crippen molar-refractivity contribution in [3.8, 4) is 11.5 Å². The Labute approximate surface area is 216 Å². The van der Waals surface area contributed by atoms with Crippen molar-refractivity contribution in [1.82, 2.24) is 20.5 Å². The molecule has 4 rings (SSSR count). The highest BCUT2D eigenvalue weighted by Gasteiger charge is 2.31. The summed E-state index contributed by atoms with van der Waals surface area (Å²) < 4.78 is 45.6. The maximum atomic E-state index is 13.3. The van der Waals surface area contributed by atoms with E-state index in [-0.39, 0.29) is 17.9 Å². The van der Waals surface area contributed by atoms with Crippen molar-refractivity contribution in [3.63, 3.8) is 0 Å². The second-order valence-electron chi connectivity index (χ2n) is 8.63. The minimum atomic E-state index is -4.53. The molecule has 0 saturated carbocycles. The van der Waals surface area contributed by atoms with Crippen LogP contribution in [0.4, 0.5) is 23.7 Å². The minimum Gasteiger partial charge on any atom is -0.477 e. The van der Waals surface area contributed by atoms with Crippen molar-refractivity contribution in [2.24, 2.45) is 0 Å². The first-order valence-corrected chi connectivity index (χ1v) is 11.8. The predicted octanol–water partition coefficient (Wildman–Crippen LogP) is 4.32. The number of nitrogens with zero attached hydrogens (tertiary/aromatic N) is 2. The number of piperazine rings is 1. The number of hydrogen-bond acceptors (Lipinski definition) is 6. The van der Waals surface area contributed by atoms with Crippen LogP contribution in [0.15, 0.2) is 60.8 Å². The molecular weight excluding hydrogens is 503 g/mol. The van der Waals surface area contributed by atoms with E-state index in [1.807, 2.05) is 0 Å². The van der Waals surface area contributed by atoms with Crippen LogP contribution in [-0.4, -0.2) is 53.2 Å². The lowest BCUT2D eigenvalue weighted by molar-refractivity contribution is -0.137. The Morgan fingerprint density at radius 2 is 1.76 bits per heavy atom. The van der Waals surface area contributed by atoms with Gasteiger partial charge in [-0.25, -0.2) is 14.6 Å². The van der Waals surface area contributed by atoms with Crippen molar-refractivity contribution >= 4 is 17.7 Å². The molecule has 9 nitrogen and oxygen atoms in total. The third-order valence-corrected chi connectivity index (χ3v) is 5.85. The van der Waals surface area contributed by atoms with Gasteiger partial charge >= 0.3 is 18.2 Å². The summed E-state index contributed by atoms with van der Waals surface area (Å²) in [7, 11) is 0. The molecule has 200 valence electrons. The first-order valence-electron chi connectivity index (χ1n) is 11.8. The fourth-order valence-electron chi connectivity index (χ4n) is 3.87. The van der Waals surface area contributed by atoms with E-state index >= 15 is 0 Å². The monoisotopic (exact) mass is 529 g/mol. The standard InChI is InChI=1S/C26H26F3N5O4/c27-26(28,29)19-4-3-18(16-34-11-9-30-10-12-34)22(13-19)33-25(37)32-15-17-1-5-20(6-2-17)38-21-7-8-31-23(14-21)24(35)36/h1-8,13-14,30H,9-12,15-16H2,(H,35,36)(H2,32,33,37). The van der Waals surface area contributed by atoms with Crippen LogP contribution in [0.5, 0.6) is 11.5 Å². The number of amides is 2. The molecule has 0 aliphatic carbocycles. The second-order valence-corrected chi connectivity index (χ2v) is 8.63. The van der Waals surface area contributed by atoms with Gasteiger partial charge in [0.1, 0.15) is 11.5 Å². The van der Waals surface area contributed by atoms with Crippen molar-refractivity contribution in [2.45, 2.75) is 19.3 Å². The quantitative estimate of drug-likeness (QED) is 0.344. The van der Waals surface area contributed by atoms with Gasteiger partial charge in [-0.1, -0.05) is 18.2 Å². The Balaban J connectivity index is 1.37. The fraction of sp³-hybridized carbons (Fsp3) is 0.269. The summed E-state index contributed by atoms with van der Waals surface area (Å²) in [4.78, 5) is 29.5. The van der Waals surface area contributed by atoms with Gasteiger partial charge in [0.15, 0.2) is 5.69 Å². The highest BCUT2D eigenvalue weighted by Crippen LogP contribution is 2.32. The first kappa shape index (κ1) is 26.9. The van der Waals surface area contributed by atoms with Gasteiger partial charge in [0, 0.05) is 57.2 Å². The summed E-state index contributed by atoms with van der Waals surface area (Å²) in [6, 6.07) is 12.3. The van der Waals surface area contributed by atoms with Crippen molar-refractivity contribution in [3.05, 3.63) is 83.2 Å². The average Bonchev–Trinajstić information content (AvgIpc) is 2.89. The lowest BCUT2D eigenvalue weighted by atomic mass is 10.1. The third kappa shape index (κ3) is 7.43. The summed E-state index contributed by atoms with van der Waals surface area (Å²) in [6.45, 7) is 3.64. The number of hydrogen-bond donors (Lipinski definition) is 4. The van der Waals surface area contributed by atoms with Crippen LogP contribution in [0.3, 0.4) is 0 Å². The van der Waals surface area contributed by atoms with E-state index in [2.05, 4.69) is 25.8 Å². The van der Waals surface area contributed by atoms with Crippen LogP contribution in [0.1, 0.15) is 27.2 Å². The second kappa shape index (κ2) is 11.9. The van der Waals surface area contributed by atoms with E-state index in [0.29, 0.717) is 23.6 Å². The van der Waals surface area contributed by atoms with Crippen LogP contribution in [0.25, 0.3) is 0 Å². The number of aromatic nitrogens is 1. The molecule has 2 amide bonds. The average molecular weight is 530 g/mol. The summed E-state index contributed by atoms with van der Waals surface area (Å²) in [5, 5.41) is 17.5. The number of carboxylic acid groups (broad SMARTS) is 1. The van der Waals surface area contributed by atoms with E-state index in [0.717, 1.165) is 43.9 Å². The number of urea groups is 1. The molecule has 0 bridgehead atoms. The number of halogens is 3. The van der Waals surface area contributed by atoms with E-state index in [1.54, 1.807) is 24.3 Å². The Hall–Kier alpha value is -4.16. The smallest absolute Gasteiger partial charge is 0.416 e. The zero-order chi connectivity index (χ0) is 27.1. The van der Waals surface area contributed by atoms with E-state index in [1.165, 1.54) is 24.4 Å². The number of ether oxygens (including phenoxy) is 1. The molecule has 0 unspecified atom stereocenters. The molecule has 0 radical (unpaired) electrons. The Morgan fingerprint density at radius 1 is 1.03 bits per heavy atom. The van der Waals surface area contributed by atoms with E-state index < -0.39 is 23.7 Å². The molecule has 1 fully saturated rings.